The van der Waals surface area contributed by atoms with Crippen LogP contribution in [-0.2, 0) is 0 Å². The first-order chi connectivity index (χ1) is 26.4. The van der Waals surface area contributed by atoms with Gasteiger partial charge in [-0.15, -0.1) is 0 Å². The van der Waals surface area contributed by atoms with Crippen molar-refractivity contribution in [3.8, 4) is 0 Å². The van der Waals surface area contributed by atoms with Crippen LogP contribution in [0.2, 0.25) is 10.0 Å². The standard InChI is InChI=1S/2C22H24ClN3O/c2*23-17-2-1-3-18(12-17)25-10-8-16(9-11-25)22(27)21-20(15-4-5-15)7-6-19-13-24-14-26(19)21/h2*1-3,6-7,12-16,22,27H,4-5,8-11H2/t2*22-/m10/s1. The van der Waals surface area contributed by atoms with Gasteiger partial charge in [0, 0.05) is 47.6 Å². The summed E-state index contributed by atoms with van der Waals surface area (Å²) in [7, 11) is 0. The van der Waals surface area contributed by atoms with Gasteiger partial charge in [0.1, 0.15) is 0 Å². The van der Waals surface area contributed by atoms with E-state index in [0.717, 1.165) is 84.3 Å². The van der Waals surface area contributed by atoms with Crippen molar-refractivity contribution in [1.29, 1.82) is 0 Å². The molecule has 2 aliphatic heterocycles. The minimum atomic E-state index is -0.444. The first kappa shape index (κ1) is 35.6. The van der Waals surface area contributed by atoms with Crippen LogP contribution in [0.25, 0.3) is 11.0 Å². The van der Waals surface area contributed by atoms with Gasteiger partial charge in [0.25, 0.3) is 0 Å². The van der Waals surface area contributed by atoms with E-state index in [2.05, 4.69) is 65.0 Å². The maximum Gasteiger partial charge on any atom is 0.0995 e. The molecule has 2 atom stereocenters. The number of aliphatic hydroxyl groups is 2. The molecular weight excluding hydrogens is 715 g/mol. The third-order valence-electron chi connectivity index (χ3n) is 12.2. The Kier molecular flexibility index (Phi) is 10.0. The molecule has 4 aliphatic rings. The van der Waals surface area contributed by atoms with Crippen LogP contribution in [0.3, 0.4) is 0 Å². The Morgan fingerprint density at radius 2 is 0.944 bits per heavy atom. The van der Waals surface area contributed by atoms with Crippen molar-refractivity contribution in [3.05, 3.63) is 130 Å². The molecule has 6 heterocycles. The second-order valence-electron chi connectivity index (χ2n) is 15.8. The average Bonchev–Trinajstić information content (AvgIpc) is 4.14. The highest BCUT2D eigenvalue weighted by molar-refractivity contribution is 6.31. The highest BCUT2D eigenvalue weighted by atomic mass is 35.5. The molecule has 10 rings (SSSR count). The van der Waals surface area contributed by atoms with E-state index in [1.807, 2.05) is 61.4 Å². The van der Waals surface area contributed by atoms with Crippen LogP contribution in [0.5, 0.6) is 0 Å². The maximum atomic E-state index is 11.3. The summed E-state index contributed by atoms with van der Waals surface area (Å²) in [6.07, 6.45) is 15.4. The summed E-state index contributed by atoms with van der Waals surface area (Å²) >= 11 is 12.3. The van der Waals surface area contributed by atoms with Gasteiger partial charge in [-0.05, 0) is 135 Å². The summed E-state index contributed by atoms with van der Waals surface area (Å²) in [5, 5.41) is 24.2. The predicted octanol–water partition coefficient (Wildman–Crippen LogP) is 9.63. The first-order valence-corrected chi connectivity index (χ1v) is 20.4. The SMILES string of the molecule is O[C@@H](c1c(C2CC2)ccc2cncn12)C1CCN(c2cccc(Cl)c2)CC1.O[C@H](c1c(C2CC2)ccc2cncn12)C1CCN(c2cccc(Cl)c2)CC1. The number of hydrogen-bond acceptors (Lipinski definition) is 6. The van der Waals surface area contributed by atoms with Gasteiger partial charge < -0.3 is 28.8 Å². The minimum Gasteiger partial charge on any atom is -0.387 e. The summed E-state index contributed by atoms with van der Waals surface area (Å²) in [5.74, 6) is 1.75. The van der Waals surface area contributed by atoms with E-state index >= 15 is 0 Å². The number of pyridine rings is 2. The fourth-order valence-corrected chi connectivity index (χ4v) is 9.27. The molecule has 4 fully saturated rings. The third kappa shape index (κ3) is 7.34. The molecular formula is C44H48Cl2N6O2. The molecule has 2 aromatic carbocycles. The number of benzene rings is 2. The molecule has 2 saturated carbocycles. The number of hydrogen-bond donors (Lipinski definition) is 2. The van der Waals surface area contributed by atoms with E-state index < -0.39 is 12.2 Å². The van der Waals surface area contributed by atoms with E-state index in [4.69, 9.17) is 23.2 Å². The zero-order valence-electron chi connectivity index (χ0n) is 30.5. The van der Waals surface area contributed by atoms with Gasteiger partial charge in [-0.1, -0.05) is 47.5 Å². The normalized spacial score (nSPS) is 19.6. The van der Waals surface area contributed by atoms with Crippen molar-refractivity contribution < 1.29 is 10.2 Å². The molecule has 280 valence electrons. The highest BCUT2D eigenvalue weighted by Gasteiger charge is 2.35. The molecule has 0 bridgehead atoms. The van der Waals surface area contributed by atoms with Gasteiger partial charge in [-0.2, -0.15) is 0 Å². The Bertz CT molecular complexity index is 2070. The monoisotopic (exact) mass is 762 g/mol. The zero-order chi connectivity index (χ0) is 36.8. The summed E-state index contributed by atoms with van der Waals surface area (Å²) in [6.45, 7) is 3.78. The molecule has 2 saturated heterocycles. The number of nitrogens with zero attached hydrogens (tertiary/aromatic N) is 6. The van der Waals surface area contributed by atoms with Crippen molar-refractivity contribution >= 4 is 45.6 Å². The molecule has 10 heteroatoms. The lowest BCUT2D eigenvalue weighted by Gasteiger charge is -2.36. The molecule has 8 nitrogen and oxygen atoms in total. The van der Waals surface area contributed by atoms with Crippen LogP contribution >= 0.6 is 23.2 Å². The molecule has 2 N–H and O–H groups in total. The second kappa shape index (κ2) is 15.2. The number of piperidine rings is 2. The first-order valence-electron chi connectivity index (χ1n) is 19.7. The number of aliphatic hydroxyl groups excluding tert-OH is 2. The predicted molar refractivity (Wildman–Crippen MR) is 217 cm³/mol. The van der Waals surface area contributed by atoms with Gasteiger partial charge >= 0.3 is 0 Å². The number of halogens is 2. The topological polar surface area (TPSA) is 81.5 Å². The van der Waals surface area contributed by atoms with Crippen LogP contribution in [-0.4, -0.2) is 55.2 Å². The van der Waals surface area contributed by atoms with Crippen molar-refractivity contribution in [2.24, 2.45) is 11.8 Å². The number of imidazole rings is 2. The highest BCUT2D eigenvalue weighted by Crippen LogP contribution is 2.46. The van der Waals surface area contributed by atoms with Gasteiger partial charge in [-0.3, -0.25) is 0 Å². The Morgan fingerprint density at radius 3 is 1.31 bits per heavy atom. The van der Waals surface area contributed by atoms with E-state index in [-0.39, 0.29) is 11.8 Å². The second-order valence-corrected chi connectivity index (χ2v) is 16.6. The lowest BCUT2D eigenvalue weighted by atomic mass is 9.87. The van der Waals surface area contributed by atoms with Crippen LogP contribution in [0.15, 0.2) is 97.8 Å². The van der Waals surface area contributed by atoms with Crippen molar-refractivity contribution in [2.45, 2.75) is 75.4 Å². The fraction of sp³-hybridized carbons (Fsp3) is 0.409. The lowest BCUT2D eigenvalue weighted by molar-refractivity contribution is 0.0870. The fourth-order valence-electron chi connectivity index (χ4n) is 8.90. The van der Waals surface area contributed by atoms with Crippen LogP contribution in [0.4, 0.5) is 11.4 Å². The Labute approximate surface area is 327 Å². The minimum absolute atomic E-state index is 0.269. The summed E-state index contributed by atoms with van der Waals surface area (Å²) < 4.78 is 4.20. The summed E-state index contributed by atoms with van der Waals surface area (Å²) in [5.41, 5.74) is 9.21. The third-order valence-corrected chi connectivity index (χ3v) is 12.7. The van der Waals surface area contributed by atoms with Crippen molar-refractivity contribution in [3.63, 3.8) is 0 Å². The number of aromatic nitrogens is 4. The smallest absolute Gasteiger partial charge is 0.0995 e. The largest absolute Gasteiger partial charge is 0.387 e. The Balaban J connectivity index is 0.000000142. The molecule has 54 heavy (non-hydrogen) atoms. The van der Waals surface area contributed by atoms with E-state index in [0.29, 0.717) is 11.8 Å². The van der Waals surface area contributed by atoms with Crippen LogP contribution < -0.4 is 9.80 Å². The quantitative estimate of drug-likeness (QED) is 0.161. The number of anilines is 2. The van der Waals surface area contributed by atoms with Gasteiger partial charge in [0.05, 0.1) is 59.7 Å². The molecule has 6 aromatic rings. The Morgan fingerprint density at radius 1 is 0.537 bits per heavy atom. The van der Waals surface area contributed by atoms with E-state index in [1.165, 1.54) is 48.2 Å². The molecule has 0 radical (unpaired) electrons. The van der Waals surface area contributed by atoms with Gasteiger partial charge in [-0.25, -0.2) is 9.97 Å². The van der Waals surface area contributed by atoms with Crippen LogP contribution in [0, 0.1) is 11.8 Å². The number of rotatable bonds is 8. The van der Waals surface area contributed by atoms with Gasteiger partial charge in [0.15, 0.2) is 0 Å². The zero-order valence-corrected chi connectivity index (χ0v) is 32.0. The maximum absolute atomic E-state index is 11.3. The number of fused-ring (bicyclic) bond motifs is 2. The van der Waals surface area contributed by atoms with Gasteiger partial charge in [0.2, 0.25) is 0 Å². The van der Waals surface area contributed by atoms with Crippen molar-refractivity contribution in [2.75, 3.05) is 36.0 Å². The average molecular weight is 764 g/mol. The van der Waals surface area contributed by atoms with E-state index in [1.54, 1.807) is 0 Å². The lowest BCUT2D eigenvalue weighted by Crippen LogP contribution is -2.36. The molecule has 0 spiro atoms. The molecule has 0 unspecified atom stereocenters. The van der Waals surface area contributed by atoms with Crippen LogP contribution in [0.1, 0.15) is 97.9 Å². The molecule has 4 aromatic heterocycles. The summed E-state index contributed by atoms with van der Waals surface area (Å²) in [4.78, 5) is 13.3. The molecule has 0 amide bonds. The van der Waals surface area contributed by atoms with E-state index in [9.17, 15) is 10.2 Å². The Hall–Kier alpha value is -4.08. The van der Waals surface area contributed by atoms with Crippen molar-refractivity contribution in [1.82, 2.24) is 18.8 Å². The molecule has 2 aliphatic carbocycles. The summed E-state index contributed by atoms with van der Waals surface area (Å²) in [6, 6.07) is 24.7.